The van der Waals surface area contributed by atoms with Crippen LogP contribution in [0.5, 0.6) is 0 Å². The summed E-state index contributed by atoms with van der Waals surface area (Å²) in [5, 5.41) is 9.46. The number of aliphatic hydroxyl groups excluding tert-OH is 1. The Morgan fingerprint density at radius 1 is 1.41 bits per heavy atom. The summed E-state index contributed by atoms with van der Waals surface area (Å²) in [5.41, 5.74) is 2.23. The van der Waals surface area contributed by atoms with E-state index < -0.39 is 0 Å². The fourth-order valence-corrected chi connectivity index (χ4v) is 2.52. The summed E-state index contributed by atoms with van der Waals surface area (Å²) in [6.45, 7) is 0.177. The van der Waals surface area contributed by atoms with Crippen molar-refractivity contribution in [2.24, 2.45) is 0 Å². The normalized spacial score (nSPS) is 19.0. The number of aliphatic hydroxyl groups is 1. The summed E-state index contributed by atoms with van der Waals surface area (Å²) in [6.07, 6.45) is 8.69. The maximum absolute atomic E-state index is 9.46. The lowest BCUT2D eigenvalue weighted by Gasteiger charge is -2.25. The zero-order chi connectivity index (χ0) is 11.7. The molecule has 3 heterocycles. The number of aryl methyl sites for hydroxylation is 1. The molecule has 0 bridgehead atoms. The number of rotatable bonds is 2. The second kappa shape index (κ2) is 4.30. The first-order chi connectivity index (χ1) is 8.40. The van der Waals surface area contributed by atoms with Gasteiger partial charge in [0, 0.05) is 29.8 Å². The number of nitrogens with zero attached hydrogens (tertiary/aromatic N) is 3. The predicted octanol–water partition coefficient (Wildman–Crippen LogP) is 1.81. The summed E-state index contributed by atoms with van der Waals surface area (Å²) >= 11 is 0. The molecule has 0 aromatic carbocycles. The smallest absolute Gasteiger partial charge is 0.142 e. The zero-order valence-corrected chi connectivity index (χ0v) is 9.58. The van der Waals surface area contributed by atoms with Gasteiger partial charge in [-0.2, -0.15) is 0 Å². The Labute approximate surface area is 100.0 Å². The Bertz CT molecular complexity index is 507. The van der Waals surface area contributed by atoms with Gasteiger partial charge in [-0.25, -0.2) is 4.98 Å². The number of fused-ring (bicyclic) bond motifs is 1. The Balaban J connectivity index is 2.10. The minimum atomic E-state index is 0.163. The van der Waals surface area contributed by atoms with Crippen LogP contribution in [0.25, 0.3) is 11.4 Å². The third-order valence-corrected chi connectivity index (χ3v) is 3.34. The third-order valence-electron chi connectivity index (χ3n) is 3.34. The molecule has 0 spiro atoms. The van der Waals surface area contributed by atoms with Crippen molar-refractivity contribution in [1.82, 2.24) is 14.5 Å². The van der Waals surface area contributed by atoms with Crippen molar-refractivity contribution in [1.29, 1.82) is 0 Å². The SMILES string of the molecule is OCC1CCCc2cnc(-c3cccnc3)n21. The van der Waals surface area contributed by atoms with E-state index in [2.05, 4.69) is 14.5 Å². The molecule has 0 amide bonds. The van der Waals surface area contributed by atoms with Gasteiger partial charge in [0.15, 0.2) is 0 Å². The quantitative estimate of drug-likeness (QED) is 0.854. The molecule has 0 aliphatic carbocycles. The van der Waals surface area contributed by atoms with E-state index in [9.17, 15) is 5.11 Å². The molecular formula is C13H15N3O. The topological polar surface area (TPSA) is 50.9 Å². The van der Waals surface area contributed by atoms with Gasteiger partial charge in [-0.05, 0) is 31.4 Å². The van der Waals surface area contributed by atoms with Crippen LogP contribution in [0, 0.1) is 0 Å². The van der Waals surface area contributed by atoms with Crippen molar-refractivity contribution in [3.63, 3.8) is 0 Å². The number of aromatic nitrogens is 3. The van der Waals surface area contributed by atoms with Gasteiger partial charge in [-0.15, -0.1) is 0 Å². The molecule has 1 aliphatic heterocycles. The van der Waals surface area contributed by atoms with Gasteiger partial charge in [-0.1, -0.05) is 0 Å². The van der Waals surface area contributed by atoms with Gasteiger partial charge in [0.1, 0.15) is 5.82 Å². The van der Waals surface area contributed by atoms with Crippen LogP contribution in [0.15, 0.2) is 30.7 Å². The molecule has 0 saturated heterocycles. The highest BCUT2D eigenvalue weighted by atomic mass is 16.3. The summed E-state index contributed by atoms with van der Waals surface area (Å²) in [5.74, 6) is 0.923. The molecule has 1 atom stereocenters. The average Bonchev–Trinajstić information content (AvgIpc) is 2.83. The van der Waals surface area contributed by atoms with Gasteiger partial charge < -0.3 is 9.67 Å². The van der Waals surface area contributed by atoms with Crippen molar-refractivity contribution >= 4 is 0 Å². The molecule has 0 saturated carbocycles. The minimum absolute atomic E-state index is 0.163. The number of hydrogen-bond donors (Lipinski definition) is 1. The third kappa shape index (κ3) is 1.74. The van der Waals surface area contributed by atoms with Gasteiger partial charge in [-0.3, -0.25) is 4.98 Å². The van der Waals surface area contributed by atoms with Crippen LogP contribution in [0.2, 0.25) is 0 Å². The van der Waals surface area contributed by atoms with Crippen molar-refractivity contribution in [3.05, 3.63) is 36.4 Å². The summed E-state index contributed by atoms with van der Waals surface area (Å²) in [6, 6.07) is 4.08. The molecule has 4 heteroatoms. The van der Waals surface area contributed by atoms with Crippen molar-refractivity contribution in [3.8, 4) is 11.4 Å². The van der Waals surface area contributed by atoms with E-state index in [1.165, 1.54) is 5.69 Å². The molecule has 1 unspecified atom stereocenters. The van der Waals surface area contributed by atoms with E-state index in [-0.39, 0.29) is 12.6 Å². The first kappa shape index (κ1) is 10.5. The summed E-state index contributed by atoms with van der Waals surface area (Å²) in [7, 11) is 0. The van der Waals surface area contributed by atoms with Crippen LogP contribution in [0.3, 0.4) is 0 Å². The maximum atomic E-state index is 9.46. The Hall–Kier alpha value is -1.68. The van der Waals surface area contributed by atoms with E-state index >= 15 is 0 Å². The molecule has 17 heavy (non-hydrogen) atoms. The Kier molecular flexibility index (Phi) is 2.65. The first-order valence-electron chi connectivity index (χ1n) is 5.97. The van der Waals surface area contributed by atoms with Gasteiger partial charge in [0.05, 0.1) is 12.6 Å². The Morgan fingerprint density at radius 3 is 3.12 bits per heavy atom. The van der Waals surface area contributed by atoms with Crippen molar-refractivity contribution in [2.75, 3.05) is 6.61 Å². The molecule has 4 nitrogen and oxygen atoms in total. The van der Waals surface area contributed by atoms with Crippen LogP contribution in [0.4, 0.5) is 0 Å². The zero-order valence-electron chi connectivity index (χ0n) is 9.58. The predicted molar refractivity (Wildman–Crippen MR) is 64.5 cm³/mol. The van der Waals surface area contributed by atoms with Crippen LogP contribution < -0.4 is 0 Å². The van der Waals surface area contributed by atoms with Crippen LogP contribution >= 0.6 is 0 Å². The molecule has 1 aliphatic rings. The van der Waals surface area contributed by atoms with Crippen LogP contribution in [-0.4, -0.2) is 26.2 Å². The largest absolute Gasteiger partial charge is 0.394 e. The van der Waals surface area contributed by atoms with Gasteiger partial charge in [0.25, 0.3) is 0 Å². The van der Waals surface area contributed by atoms with Crippen LogP contribution in [0.1, 0.15) is 24.6 Å². The molecule has 88 valence electrons. The second-order valence-corrected chi connectivity index (χ2v) is 4.41. The molecule has 2 aromatic heterocycles. The minimum Gasteiger partial charge on any atom is -0.394 e. The van der Waals surface area contributed by atoms with Crippen molar-refractivity contribution < 1.29 is 5.11 Å². The summed E-state index contributed by atoms with van der Waals surface area (Å²) in [4.78, 5) is 8.60. The number of pyridine rings is 1. The second-order valence-electron chi connectivity index (χ2n) is 4.41. The lowest BCUT2D eigenvalue weighted by atomic mass is 10.0. The standard InChI is InChI=1S/C13H15N3O/c17-9-12-5-1-4-11-8-15-13(16(11)12)10-3-2-6-14-7-10/h2-3,6-8,12,17H,1,4-5,9H2. The van der Waals surface area contributed by atoms with Gasteiger partial charge >= 0.3 is 0 Å². The van der Waals surface area contributed by atoms with E-state index in [0.717, 1.165) is 30.7 Å². The molecule has 0 fully saturated rings. The molecule has 0 radical (unpaired) electrons. The molecular weight excluding hydrogens is 214 g/mol. The lowest BCUT2D eigenvalue weighted by molar-refractivity contribution is 0.208. The van der Waals surface area contributed by atoms with Gasteiger partial charge in [0.2, 0.25) is 0 Å². The van der Waals surface area contributed by atoms with E-state index in [1.807, 2.05) is 24.5 Å². The highest BCUT2D eigenvalue weighted by Crippen LogP contribution is 2.30. The van der Waals surface area contributed by atoms with E-state index in [1.54, 1.807) is 6.20 Å². The molecule has 2 aromatic rings. The lowest BCUT2D eigenvalue weighted by Crippen LogP contribution is -2.21. The first-order valence-corrected chi connectivity index (χ1v) is 5.97. The average molecular weight is 229 g/mol. The molecule has 1 N–H and O–H groups in total. The fourth-order valence-electron chi connectivity index (χ4n) is 2.52. The Morgan fingerprint density at radius 2 is 2.35 bits per heavy atom. The molecule has 3 rings (SSSR count). The maximum Gasteiger partial charge on any atom is 0.142 e. The highest BCUT2D eigenvalue weighted by molar-refractivity contribution is 5.54. The van der Waals surface area contributed by atoms with E-state index in [0.29, 0.717) is 0 Å². The monoisotopic (exact) mass is 229 g/mol. The number of imidazole rings is 1. The van der Waals surface area contributed by atoms with Crippen LogP contribution in [-0.2, 0) is 6.42 Å². The van der Waals surface area contributed by atoms with E-state index in [4.69, 9.17) is 0 Å². The fraction of sp³-hybridized carbons (Fsp3) is 0.385. The summed E-state index contributed by atoms with van der Waals surface area (Å²) < 4.78 is 2.17. The van der Waals surface area contributed by atoms with Crippen molar-refractivity contribution in [2.45, 2.75) is 25.3 Å². The highest BCUT2D eigenvalue weighted by Gasteiger charge is 2.23. The number of hydrogen-bond acceptors (Lipinski definition) is 3.